The molecule has 2 aromatic rings. The number of hydrogen-bond acceptors (Lipinski definition) is 6. The number of benzene rings is 2. The lowest BCUT2D eigenvalue weighted by Crippen LogP contribution is -2.52. The third-order valence-electron chi connectivity index (χ3n) is 7.72. The van der Waals surface area contributed by atoms with Crippen LogP contribution in [0.25, 0.3) is 0 Å². The first-order valence-corrected chi connectivity index (χ1v) is 13.6. The highest BCUT2D eigenvalue weighted by Crippen LogP contribution is 2.59. The van der Waals surface area contributed by atoms with Crippen molar-refractivity contribution in [1.29, 1.82) is 0 Å². The molecule has 2 fully saturated rings. The second kappa shape index (κ2) is 11.8. The van der Waals surface area contributed by atoms with E-state index in [1.807, 2.05) is 55.5 Å². The van der Waals surface area contributed by atoms with Gasteiger partial charge >= 0.3 is 11.9 Å². The lowest BCUT2D eigenvalue weighted by Gasteiger charge is -2.50. The lowest BCUT2D eigenvalue weighted by atomic mass is 9.52. The summed E-state index contributed by atoms with van der Waals surface area (Å²) >= 11 is 0. The summed E-state index contributed by atoms with van der Waals surface area (Å²) in [4.78, 5) is 26.6. The Balaban J connectivity index is 1.49. The van der Waals surface area contributed by atoms with E-state index in [1.165, 1.54) is 0 Å². The fraction of sp³-hybridized carbons (Fsp3) is 0.484. The summed E-state index contributed by atoms with van der Waals surface area (Å²) in [6, 6.07) is 15.9. The zero-order valence-corrected chi connectivity index (χ0v) is 21.5. The number of ether oxygens (including phenoxy) is 4. The zero-order chi connectivity index (χ0) is 25.6. The molecule has 4 heterocycles. The van der Waals surface area contributed by atoms with E-state index in [0.29, 0.717) is 32.8 Å². The fourth-order valence-corrected chi connectivity index (χ4v) is 5.62. The van der Waals surface area contributed by atoms with E-state index >= 15 is 0 Å². The molecule has 1 aliphatic carbocycles. The fourth-order valence-electron chi connectivity index (χ4n) is 5.62. The van der Waals surface area contributed by atoms with Crippen molar-refractivity contribution in [3.05, 3.63) is 71.8 Å². The highest BCUT2D eigenvalue weighted by Gasteiger charge is 2.59. The smallest absolute Gasteiger partial charge is 0.310 e. The second-order valence-corrected chi connectivity index (χ2v) is 10.4. The minimum atomic E-state index is -0.588. The van der Waals surface area contributed by atoms with Gasteiger partial charge in [-0.25, -0.2) is 0 Å². The minimum Gasteiger partial charge on any atom is -0.494 e. The average Bonchev–Trinajstić information content (AvgIpc) is 2.89. The maximum atomic E-state index is 13.3. The normalized spacial score (nSPS) is 29.7. The molecule has 1 saturated carbocycles. The summed E-state index contributed by atoms with van der Waals surface area (Å²) < 4.78 is 23.3. The van der Waals surface area contributed by atoms with Crippen LogP contribution in [0, 0.1) is 17.8 Å². The van der Waals surface area contributed by atoms with Gasteiger partial charge in [0.25, 0.3) is 0 Å². The van der Waals surface area contributed by atoms with Crippen LogP contribution in [0.2, 0.25) is 0 Å². The van der Waals surface area contributed by atoms with E-state index in [0.717, 1.165) is 48.3 Å². The van der Waals surface area contributed by atoms with Gasteiger partial charge in [0.1, 0.15) is 11.5 Å². The number of hydrogen-bond donors (Lipinski definition) is 0. The molecule has 2 aromatic carbocycles. The molecular formula is C31H36O6. The van der Waals surface area contributed by atoms with Crippen LogP contribution < -0.4 is 9.47 Å². The molecule has 5 atom stereocenters. The van der Waals surface area contributed by atoms with Gasteiger partial charge in [-0.2, -0.15) is 0 Å². The van der Waals surface area contributed by atoms with Crippen molar-refractivity contribution in [2.45, 2.75) is 50.9 Å². The minimum absolute atomic E-state index is 0.141. The first-order chi connectivity index (χ1) is 18.1. The molecule has 0 radical (unpaired) electrons. The van der Waals surface area contributed by atoms with Crippen LogP contribution in [0.4, 0.5) is 0 Å². The highest BCUT2D eigenvalue weighted by atomic mass is 16.5. The van der Waals surface area contributed by atoms with Gasteiger partial charge in [-0.05, 0) is 73.4 Å². The Morgan fingerprint density at radius 2 is 1.08 bits per heavy atom. The third-order valence-corrected chi connectivity index (χ3v) is 7.72. The number of rotatable bonds is 0. The molecule has 4 aliphatic heterocycles. The van der Waals surface area contributed by atoms with E-state index in [9.17, 15) is 9.59 Å². The summed E-state index contributed by atoms with van der Waals surface area (Å²) in [7, 11) is 0. The van der Waals surface area contributed by atoms with Crippen molar-refractivity contribution in [2.75, 3.05) is 26.4 Å². The predicted octanol–water partition coefficient (Wildman–Crippen LogP) is 5.81. The Kier molecular flexibility index (Phi) is 8.12. The summed E-state index contributed by atoms with van der Waals surface area (Å²) in [5.41, 5.74) is 1.98. The Morgan fingerprint density at radius 1 is 0.595 bits per heavy atom. The maximum absolute atomic E-state index is 13.3. The summed E-state index contributed by atoms with van der Waals surface area (Å²) in [6.07, 6.45) is 8.93. The maximum Gasteiger partial charge on any atom is 0.310 e. The van der Waals surface area contributed by atoms with Gasteiger partial charge in [0, 0.05) is 11.8 Å². The van der Waals surface area contributed by atoms with Crippen LogP contribution in [0.1, 0.15) is 62.0 Å². The number of carbonyl (C=O) groups excluding carboxylic acids is 2. The van der Waals surface area contributed by atoms with Crippen LogP contribution in [0.3, 0.4) is 0 Å². The van der Waals surface area contributed by atoms with Crippen molar-refractivity contribution in [1.82, 2.24) is 0 Å². The van der Waals surface area contributed by atoms with E-state index < -0.39 is 11.8 Å². The van der Waals surface area contributed by atoms with Gasteiger partial charge in [0.2, 0.25) is 0 Å². The molecule has 0 N–H and O–H groups in total. The molecule has 0 aromatic heterocycles. The van der Waals surface area contributed by atoms with Crippen molar-refractivity contribution < 1.29 is 28.5 Å². The number of allylic oxidation sites excluding steroid dienone is 2. The van der Waals surface area contributed by atoms with Crippen LogP contribution in [0.15, 0.2) is 60.7 Å². The molecule has 7 rings (SSSR count). The van der Waals surface area contributed by atoms with E-state index in [1.54, 1.807) is 0 Å². The van der Waals surface area contributed by atoms with Crippen molar-refractivity contribution in [3.63, 3.8) is 0 Å². The topological polar surface area (TPSA) is 71.1 Å². The molecule has 6 nitrogen and oxygen atoms in total. The molecule has 196 valence electrons. The number of fused-ring (bicyclic) bond motifs is 3. The lowest BCUT2D eigenvalue weighted by molar-refractivity contribution is -0.175. The molecule has 4 bridgehead atoms. The Labute approximate surface area is 218 Å². The van der Waals surface area contributed by atoms with Crippen LogP contribution in [-0.2, 0) is 19.1 Å². The largest absolute Gasteiger partial charge is 0.494 e. The quantitative estimate of drug-likeness (QED) is 0.333. The van der Waals surface area contributed by atoms with Gasteiger partial charge in [-0.15, -0.1) is 0 Å². The molecule has 6 heteroatoms. The van der Waals surface area contributed by atoms with E-state index in [-0.39, 0.29) is 29.7 Å². The monoisotopic (exact) mass is 504 g/mol. The predicted molar refractivity (Wildman–Crippen MR) is 140 cm³/mol. The highest BCUT2D eigenvalue weighted by molar-refractivity contribution is 5.87. The Hall–Kier alpha value is -3.28. The van der Waals surface area contributed by atoms with Crippen molar-refractivity contribution >= 4 is 11.9 Å². The average molecular weight is 505 g/mol. The first-order valence-electron chi connectivity index (χ1n) is 13.6. The first kappa shape index (κ1) is 25.4. The van der Waals surface area contributed by atoms with E-state index in [4.69, 9.17) is 18.9 Å². The molecular weight excluding hydrogens is 468 g/mol. The molecule has 0 amide bonds. The zero-order valence-electron chi connectivity index (χ0n) is 21.5. The van der Waals surface area contributed by atoms with Crippen molar-refractivity contribution in [2.24, 2.45) is 17.8 Å². The van der Waals surface area contributed by atoms with Gasteiger partial charge in [-0.1, -0.05) is 43.3 Å². The number of esters is 2. The summed E-state index contributed by atoms with van der Waals surface area (Å²) in [5.74, 6) is -0.457. The second-order valence-electron chi connectivity index (χ2n) is 10.4. The Bertz CT molecular complexity index is 1090. The van der Waals surface area contributed by atoms with Crippen LogP contribution in [-0.4, -0.2) is 38.4 Å². The van der Waals surface area contributed by atoms with Crippen LogP contribution >= 0.6 is 0 Å². The molecule has 0 spiro atoms. The molecule has 1 saturated heterocycles. The van der Waals surface area contributed by atoms with Gasteiger partial charge in [-0.3, -0.25) is 9.59 Å². The van der Waals surface area contributed by atoms with Gasteiger partial charge in [0.05, 0.1) is 38.3 Å². The SMILES string of the molecule is C[C@H]1CCOC(=O)C2C(C(=O)OC1)C1c3ccc(cc3)OCCC/C=C\CCCOc3ccc(cc3)C21. The van der Waals surface area contributed by atoms with Crippen LogP contribution in [0.5, 0.6) is 11.5 Å². The number of carbonyl (C=O) groups is 2. The number of cyclic esters (lactones) is 2. The molecule has 37 heavy (non-hydrogen) atoms. The summed E-state index contributed by atoms with van der Waals surface area (Å²) in [6.45, 7) is 3.97. The standard InChI is InChI=1S/C31H36O6/c1-21-16-19-36-30(32)28-26-22-8-12-24(13-9-22)34-17-6-4-2-3-5-7-18-35-25-14-10-23(11-15-25)27(26)29(28)31(33)37-20-21/h2-3,8-15,21,26-29H,4-7,16-20H2,1H3/b3-2-/t21-,26?,27?,28?,29?/m0/s1. The molecule has 5 aliphatic rings. The van der Waals surface area contributed by atoms with Gasteiger partial charge < -0.3 is 18.9 Å². The Morgan fingerprint density at radius 3 is 1.59 bits per heavy atom. The summed E-state index contributed by atoms with van der Waals surface area (Å²) in [5, 5.41) is 0. The van der Waals surface area contributed by atoms with Gasteiger partial charge in [0.15, 0.2) is 0 Å². The third kappa shape index (κ3) is 5.84. The molecule has 4 unspecified atom stereocenters. The van der Waals surface area contributed by atoms with E-state index in [2.05, 4.69) is 12.2 Å². The van der Waals surface area contributed by atoms with Crippen molar-refractivity contribution in [3.8, 4) is 11.5 Å².